The highest BCUT2D eigenvalue weighted by Gasteiger charge is 2.20. The van der Waals surface area contributed by atoms with Crippen LogP contribution in [0.4, 0.5) is 0 Å². The summed E-state index contributed by atoms with van der Waals surface area (Å²) >= 11 is 0. The van der Waals surface area contributed by atoms with E-state index in [1.165, 1.54) is 103 Å². The number of carbonyl (C=O) groups is 1. The molecule has 0 saturated carbocycles. The molecule has 0 fully saturated rings. The molecule has 0 amide bonds. The first-order chi connectivity index (χ1) is 17.8. The van der Waals surface area contributed by atoms with Crippen molar-refractivity contribution in [2.24, 2.45) is 0 Å². The summed E-state index contributed by atoms with van der Waals surface area (Å²) < 4.78 is 5.46. The van der Waals surface area contributed by atoms with Crippen molar-refractivity contribution >= 4 is 5.97 Å². The molecule has 1 aromatic carbocycles. The molecule has 0 saturated heterocycles. The van der Waals surface area contributed by atoms with Crippen molar-refractivity contribution in [3.05, 3.63) is 28.8 Å². The Morgan fingerprint density at radius 1 is 0.730 bits per heavy atom. The fourth-order valence-corrected chi connectivity index (χ4v) is 5.08. The maximum Gasteiger partial charge on any atom is 0.306 e. The number of unbranched alkanes of at least 4 members (excludes halogenated alkanes) is 17. The van der Waals surface area contributed by atoms with Gasteiger partial charge < -0.3 is 9.84 Å². The van der Waals surface area contributed by atoms with Crippen LogP contribution in [0.1, 0.15) is 166 Å². The molecule has 0 aliphatic carbocycles. The standard InChI is InChI=1S/C34H60O3/c1-6-7-8-9-10-11-12-13-14-15-16-17-18-19-20-21-22-23-26-37-32(35)25-24-30-27-29(2)33(36)31(28-30)34(3,4)5/h27-28,36H,6-26H2,1-5H3. The van der Waals surface area contributed by atoms with Crippen molar-refractivity contribution in [2.45, 2.75) is 168 Å². The third-order valence-corrected chi connectivity index (χ3v) is 7.55. The number of ether oxygens (including phenoxy) is 1. The van der Waals surface area contributed by atoms with E-state index in [1.807, 2.05) is 19.1 Å². The predicted octanol–water partition coefficient (Wildman–Crippen LogP) is 10.5. The summed E-state index contributed by atoms with van der Waals surface area (Å²) in [6, 6.07) is 4.02. The minimum Gasteiger partial charge on any atom is -0.507 e. The van der Waals surface area contributed by atoms with Crippen LogP contribution in [0.15, 0.2) is 12.1 Å². The number of phenolic OH excluding ortho intramolecular Hbond substituents is 1. The third kappa shape index (κ3) is 16.8. The van der Waals surface area contributed by atoms with Gasteiger partial charge in [-0.3, -0.25) is 4.79 Å². The molecule has 3 heteroatoms. The van der Waals surface area contributed by atoms with Crippen molar-refractivity contribution in [3.63, 3.8) is 0 Å². The molecule has 0 aliphatic heterocycles. The van der Waals surface area contributed by atoms with Crippen LogP contribution in [0.2, 0.25) is 0 Å². The molecule has 214 valence electrons. The van der Waals surface area contributed by atoms with Crippen LogP contribution in [0.5, 0.6) is 5.75 Å². The number of hydrogen-bond donors (Lipinski definition) is 1. The number of benzene rings is 1. The van der Waals surface area contributed by atoms with Gasteiger partial charge in [-0.25, -0.2) is 0 Å². The highest BCUT2D eigenvalue weighted by Crippen LogP contribution is 2.34. The fraction of sp³-hybridized carbons (Fsp3) is 0.794. The second kappa shape index (κ2) is 20.5. The van der Waals surface area contributed by atoms with E-state index >= 15 is 0 Å². The van der Waals surface area contributed by atoms with E-state index in [0.29, 0.717) is 25.2 Å². The number of esters is 1. The number of aryl methyl sites for hydroxylation is 2. The van der Waals surface area contributed by atoms with E-state index in [0.717, 1.165) is 29.5 Å². The van der Waals surface area contributed by atoms with Gasteiger partial charge in [0, 0.05) is 6.42 Å². The molecule has 1 rings (SSSR count). The number of hydrogen-bond acceptors (Lipinski definition) is 3. The number of phenols is 1. The second-order valence-corrected chi connectivity index (χ2v) is 12.3. The van der Waals surface area contributed by atoms with E-state index in [2.05, 4.69) is 27.7 Å². The topological polar surface area (TPSA) is 46.5 Å². The molecular weight excluding hydrogens is 456 g/mol. The van der Waals surface area contributed by atoms with Crippen molar-refractivity contribution in [1.29, 1.82) is 0 Å². The van der Waals surface area contributed by atoms with Gasteiger partial charge in [-0.1, -0.05) is 149 Å². The summed E-state index contributed by atoms with van der Waals surface area (Å²) in [6.07, 6.45) is 25.5. The van der Waals surface area contributed by atoms with E-state index in [9.17, 15) is 9.90 Å². The van der Waals surface area contributed by atoms with Crippen LogP contribution in [0, 0.1) is 6.92 Å². The summed E-state index contributed by atoms with van der Waals surface area (Å²) in [6.45, 7) is 11.0. The van der Waals surface area contributed by atoms with Crippen molar-refractivity contribution < 1.29 is 14.6 Å². The van der Waals surface area contributed by atoms with Gasteiger partial charge in [0.25, 0.3) is 0 Å². The van der Waals surface area contributed by atoms with Gasteiger partial charge in [0.15, 0.2) is 0 Å². The van der Waals surface area contributed by atoms with Crippen molar-refractivity contribution in [1.82, 2.24) is 0 Å². The first kappa shape index (κ1) is 33.5. The van der Waals surface area contributed by atoms with E-state index in [4.69, 9.17) is 4.74 Å². The lowest BCUT2D eigenvalue weighted by Crippen LogP contribution is -2.13. The summed E-state index contributed by atoms with van der Waals surface area (Å²) in [5.41, 5.74) is 2.77. The molecule has 0 unspecified atom stereocenters. The molecule has 37 heavy (non-hydrogen) atoms. The Kier molecular flexibility index (Phi) is 18.5. The quantitative estimate of drug-likeness (QED) is 0.123. The van der Waals surface area contributed by atoms with Crippen LogP contribution < -0.4 is 0 Å². The molecule has 1 N–H and O–H groups in total. The Hall–Kier alpha value is -1.51. The zero-order chi connectivity index (χ0) is 27.4. The SMILES string of the molecule is CCCCCCCCCCCCCCCCCCCCOC(=O)CCc1cc(C)c(O)c(C(C)(C)C)c1. The van der Waals surface area contributed by atoms with E-state index in [-0.39, 0.29) is 11.4 Å². The average Bonchev–Trinajstić information content (AvgIpc) is 2.85. The second-order valence-electron chi connectivity index (χ2n) is 12.3. The molecule has 0 atom stereocenters. The minimum absolute atomic E-state index is 0.116. The molecule has 0 aliphatic rings. The van der Waals surface area contributed by atoms with Crippen LogP contribution in [-0.4, -0.2) is 17.7 Å². The molecule has 0 bridgehead atoms. The lowest BCUT2D eigenvalue weighted by molar-refractivity contribution is -0.143. The molecule has 0 aromatic heterocycles. The number of aromatic hydroxyl groups is 1. The van der Waals surface area contributed by atoms with E-state index in [1.54, 1.807) is 0 Å². The highest BCUT2D eigenvalue weighted by molar-refractivity contribution is 5.69. The molecule has 1 aromatic rings. The van der Waals surface area contributed by atoms with Crippen LogP contribution in [-0.2, 0) is 21.4 Å². The number of rotatable bonds is 22. The van der Waals surface area contributed by atoms with Crippen molar-refractivity contribution in [2.75, 3.05) is 6.61 Å². The van der Waals surface area contributed by atoms with Gasteiger partial charge >= 0.3 is 5.97 Å². The third-order valence-electron chi connectivity index (χ3n) is 7.55. The molecular formula is C34H60O3. The zero-order valence-electron chi connectivity index (χ0n) is 25.3. The Labute approximate surface area is 230 Å². The van der Waals surface area contributed by atoms with Gasteiger partial charge in [0.1, 0.15) is 5.75 Å². The van der Waals surface area contributed by atoms with Crippen molar-refractivity contribution in [3.8, 4) is 5.75 Å². The minimum atomic E-state index is -0.127. The van der Waals surface area contributed by atoms with Gasteiger partial charge in [-0.2, -0.15) is 0 Å². The Morgan fingerprint density at radius 3 is 1.59 bits per heavy atom. The lowest BCUT2D eigenvalue weighted by atomic mass is 9.83. The maximum atomic E-state index is 12.2. The predicted molar refractivity (Wildman–Crippen MR) is 160 cm³/mol. The molecule has 0 heterocycles. The van der Waals surface area contributed by atoms with Gasteiger partial charge in [-0.15, -0.1) is 0 Å². The first-order valence-corrected chi connectivity index (χ1v) is 15.7. The molecule has 0 spiro atoms. The highest BCUT2D eigenvalue weighted by atomic mass is 16.5. The smallest absolute Gasteiger partial charge is 0.306 e. The normalized spacial score (nSPS) is 11.7. The number of carbonyl (C=O) groups excluding carboxylic acids is 1. The summed E-state index contributed by atoms with van der Waals surface area (Å²) in [4.78, 5) is 12.2. The van der Waals surface area contributed by atoms with E-state index < -0.39 is 0 Å². The monoisotopic (exact) mass is 516 g/mol. The summed E-state index contributed by atoms with van der Waals surface area (Å²) in [5.74, 6) is 0.253. The van der Waals surface area contributed by atoms with Gasteiger partial charge in [0.05, 0.1) is 6.61 Å². The Bertz CT molecular complexity index is 717. The zero-order valence-corrected chi connectivity index (χ0v) is 25.3. The maximum absolute atomic E-state index is 12.2. The molecule has 3 nitrogen and oxygen atoms in total. The van der Waals surface area contributed by atoms with Gasteiger partial charge in [0.2, 0.25) is 0 Å². The summed E-state index contributed by atoms with van der Waals surface area (Å²) in [5, 5.41) is 10.4. The van der Waals surface area contributed by atoms with Crippen LogP contribution in [0.3, 0.4) is 0 Å². The summed E-state index contributed by atoms with van der Waals surface area (Å²) in [7, 11) is 0. The fourth-order valence-electron chi connectivity index (χ4n) is 5.08. The largest absolute Gasteiger partial charge is 0.507 e. The Balaban J connectivity index is 1.93. The average molecular weight is 517 g/mol. The lowest BCUT2D eigenvalue weighted by Gasteiger charge is -2.22. The molecule has 0 radical (unpaired) electrons. The first-order valence-electron chi connectivity index (χ1n) is 15.7. The van der Waals surface area contributed by atoms with Gasteiger partial charge in [-0.05, 0) is 41.9 Å². The Morgan fingerprint density at radius 2 is 1.16 bits per heavy atom. The van der Waals surface area contributed by atoms with Crippen LogP contribution in [0.25, 0.3) is 0 Å². The van der Waals surface area contributed by atoms with Crippen LogP contribution >= 0.6 is 0 Å².